The molecule has 2 rings (SSSR count). The van der Waals surface area contributed by atoms with E-state index in [4.69, 9.17) is 0 Å². The minimum atomic E-state index is 0.529. The van der Waals surface area contributed by atoms with E-state index >= 15 is 0 Å². The van der Waals surface area contributed by atoms with Crippen LogP contribution in [0.1, 0.15) is 64.0 Å². The maximum atomic E-state index is 3.76. The fraction of sp³-hybridized carbons (Fsp3) is 0.684. The summed E-state index contributed by atoms with van der Waals surface area (Å²) in [5.74, 6) is 0.921. The topological polar surface area (TPSA) is 12.0 Å². The molecule has 0 spiro atoms. The Bertz CT molecular complexity index is 414. The molecule has 0 radical (unpaired) electrons. The number of hydrogen-bond acceptors (Lipinski definition) is 1. The van der Waals surface area contributed by atoms with Crippen molar-refractivity contribution in [2.24, 2.45) is 11.3 Å². The lowest BCUT2D eigenvalue weighted by atomic mass is 9.69. The Balaban J connectivity index is 1.77. The van der Waals surface area contributed by atoms with Crippen LogP contribution in [0.5, 0.6) is 0 Å². The van der Waals surface area contributed by atoms with E-state index in [0.717, 1.165) is 18.5 Å². The molecule has 0 atom stereocenters. The molecule has 0 heterocycles. The summed E-state index contributed by atoms with van der Waals surface area (Å²) in [5, 5.41) is 3.76. The quantitative estimate of drug-likeness (QED) is 0.789. The Hall–Kier alpha value is -0.820. The standard InChI is InChI=1S/C19H31N/c1-5-19(3,4)17-9-11-18(12-10-17)20-14-16-8-6-7-15(2)13-16/h6-8,13,17-18,20H,5,9-12,14H2,1-4H3. The van der Waals surface area contributed by atoms with Gasteiger partial charge in [-0.1, -0.05) is 57.0 Å². The molecule has 0 saturated heterocycles. The number of nitrogens with one attached hydrogen (secondary N) is 1. The Labute approximate surface area is 125 Å². The van der Waals surface area contributed by atoms with Crippen molar-refractivity contribution in [2.75, 3.05) is 0 Å². The van der Waals surface area contributed by atoms with Gasteiger partial charge in [-0.3, -0.25) is 0 Å². The van der Waals surface area contributed by atoms with Gasteiger partial charge in [-0.2, -0.15) is 0 Å². The van der Waals surface area contributed by atoms with Crippen LogP contribution >= 0.6 is 0 Å². The molecule has 0 bridgehead atoms. The second-order valence-corrected chi connectivity index (χ2v) is 7.26. The third kappa shape index (κ3) is 4.09. The van der Waals surface area contributed by atoms with E-state index in [0.29, 0.717) is 5.41 Å². The summed E-state index contributed by atoms with van der Waals surface area (Å²) in [7, 11) is 0. The van der Waals surface area contributed by atoms with Gasteiger partial charge < -0.3 is 5.32 Å². The monoisotopic (exact) mass is 273 g/mol. The minimum Gasteiger partial charge on any atom is -0.310 e. The van der Waals surface area contributed by atoms with Crippen LogP contribution in [0.4, 0.5) is 0 Å². The van der Waals surface area contributed by atoms with Gasteiger partial charge in [0.2, 0.25) is 0 Å². The second-order valence-electron chi connectivity index (χ2n) is 7.26. The summed E-state index contributed by atoms with van der Waals surface area (Å²) in [6.07, 6.45) is 6.79. The molecule has 1 heteroatoms. The van der Waals surface area contributed by atoms with Crippen molar-refractivity contribution < 1.29 is 0 Å². The zero-order valence-electron chi connectivity index (χ0n) is 13.7. The molecule has 1 aliphatic rings. The lowest BCUT2D eigenvalue weighted by molar-refractivity contribution is 0.137. The van der Waals surface area contributed by atoms with E-state index in [1.807, 2.05) is 0 Å². The number of aryl methyl sites for hydroxylation is 1. The largest absolute Gasteiger partial charge is 0.310 e. The van der Waals surface area contributed by atoms with Crippen LogP contribution in [0, 0.1) is 18.3 Å². The zero-order valence-corrected chi connectivity index (χ0v) is 13.7. The average Bonchev–Trinajstić information content (AvgIpc) is 2.46. The molecule has 1 saturated carbocycles. The fourth-order valence-electron chi connectivity index (χ4n) is 3.45. The van der Waals surface area contributed by atoms with E-state index in [9.17, 15) is 0 Å². The summed E-state index contributed by atoms with van der Waals surface area (Å²) in [6, 6.07) is 9.57. The third-order valence-corrected chi connectivity index (χ3v) is 5.42. The number of hydrogen-bond donors (Lipinski definition) is 1. The average molecular weight is 273 g/mol. The van der Waals surface area contributed by atoms with Gasteiger partial charge in [0.15, 0.2) is 0 Å². The highest BCUT2D eigenvalue weighted by molar-refractivity contribution is 5.22. The van der Waals surface area contributed by atoms with Gasteiger partial charge in [0.25, 0.3) is 0 Å². The van der Waals surface area contributed by atoms with Crippen molar-refractivity contribution >= 4 is 0 Å². The van der Waals surface area contributed by atoms with Gasteiger partial charge in [-0.05, 0) is 49.5 Å². The smallest absolute Gasteiger partial charge is 0.0208 e. The highest BCUT2D eigenvalue weighted by Crippen LogP contribution is 2.40. The summed E-state index contributed by atoms with van der Waals surface area (Å²) in [6.45, 7) is 10.4. The zero-order chi connectivity index (χ0) is 14.6. The Kier molecular flexibility index (Phi) is 5.26. The highest BCUT2D eigenvalue weighted by Gasteiger charge is 2.31. The number of rotatable bonds is 5. The Morgan fingerprint density at radius 1 is 1.15 bits per heavy atom. The first-order chi connectivity index (χ1) is 9.51. The van der Waals surface area contributed by atoms with Gasteiger partial charge in [0, 0.05) is 12.6 Å². The van der Waals surface area contributed by atoms with Crippen LogP contribution in [0.15, 0.2) is 24.3 Å². The highest BCUT2D eigenvalue weighted by atomic mass is 14.9. The number of benzene rings is 1. The summed E-state index contributed by atoms with van der Waals surface area (Å²) < 4.78 is 0. The SMILES string of the molecule is CCC(C)(C)C1CCC(NCc2cccc(C)c2)CC1. The molecule has 1 nitrogen and oxygen atoms in total. The maximum Gasteiger partial charge on any atom is 0.0208 e. The fourth-order valence-corrected chi connectivity index (χ4v) is 3.45. The third-order valence-electron chi connectivity index (χ3n) is 5.42. The molecule has 20 heavy (non-hydrogen) atoms. The van der Waals surface area contributed by atoms with Crippen LogP contribution in [-0.2, 0) is 6.54 Å². The molecule has 1 aliphatic carbocycles. The van der Waals surface area contributed by atoms with Crippen LogP contribution in [0.25, 0.3) is 0 Å². The summed E-state index contributed by atoms with van der Waals surface area (Å²) >= 11 is 0. The van der Waals surface area contributed by atoms with E-state index in [1.165, 1.54) is 43.2 Å². The predicted molar refractivity (Wildman–Crippen MR) is 87.8 cm³/mol. The van der Waals surface area contributed by atoms with Gasteiger partial charge in [0.1, 0.15) is 0 Å². The van der Waals surface area contributed by atoms with Gasteiger partial charge >= 0.3 is 0 Å². The van der Waals surface area contributed by atoms with Crippen molar-refractivity contribution in [1.29, 1.82) is 0 Å². The lowest BCUT2D eigenvalue weighted by Gasteiger charge is -2.39. The van der Waals surface area contributed by atoms with Crippen LogP contribution < -0.4 is 5.32 Å². The first kappa shape index (κ1) is 15.6. The lowest BCUT2D eigenvalue weighted by Crippen LogP contribution is -2.36. The maximum absolute atomic E-state index is 3.76. The Morgan fingerprint density at radius 3 is 2.45 bits per heavy atom. The van der Waals surface area contributed by atoms with Gasteiger partial charge in [0.05, 0.1) is 0 Å². The minimum absolute atomic E-state index is 0.529. The van der Waals surface area contributed by atoms with Gasteiger partial charge in [-0.15, -0.1) is 0 Å². The first-order valence-electron chi connectivity index (χ1n) is 8.30. The first-order valence-corrected chi connectivity index (χ1v) is 8.30. The predicted octanol–water partition coefficient (Wildman–Crippen LogP) is 5.08. The van der Waals surface area contributed by atoms with Crippen molar-refractivity contribution in [1.82, 2.24) is 5.32 Å². The van der Waals surface area contributed by atoms with Crippen molar-refractivity contribution in [2.45, 2.75) is 72.4 Å². The summed E-state index contributed by atoms with van der Waals surface area (Å²) in [5.41, 5.74) is 3.31. The Morgan fingerprint density at radius 2 is 1.85 bits per heavy atom. The molecule has 1 aromatic carbocycles. The molecule has 0 aromatic heterocycles. The van der Waals surface area contributed by atoms with E-state index in [2.05, 4.69) is 57.3 Å². The van der Waals surface area contributed by atoms with Crippen molar-refractivity contribution in [3.63, 3.8) is 0 Å². The molecular formula is C19H31N. The molecular weight excluding hydrogens is 242 g/mol. The molecule has 1 N–H and O–H groups in total. The summed E-state index contributed by atoms with van der Waals surface area (Å²) in [4.78, 5) is 0. The van der Waals surface area contributed by atoms with Crippen LogP contribution in [0.2, 0.25) is 0 Å². The van der Waals surface area contributed by atoms with E-state index in [-0.39, 0.29) is 0 Å². The van der Waals surface area contributed by atoms with E-state index < -0.39 is 0 Å². The normalized spacial score (nSPS) is 23.8. The molecule has 0 unspecified atom stereocenters. The molecule has 1 aromatic rings. The van der Waals surface area contributed by atoms with Crippen LogP contribution in [-0.4, -0.2) is 6.04 Å². The molecule has 1 fully saturated rings. The molecule has 0 amide bonds. The second kappa shape index (κ2) is 6.76. The van der Waals surface area contributed by atoms with Gasteiger partial charge in [-0.25, -0.2) is 0 Å². The molecule has 112 valence electrons. The van der Waals surface area contributed by atoms with Crippen molar-refractivity contribution in [3.05, 3.63) is 35.4 Å². The van der Waals surface area contributed by atoms with E-state index in [1.54, 1.807) is 0 Å². The van der Waals surface area contributed by atoms with Crippen molar-refractivity contribution in [3.8, 4) is 0 Å². The van der Waals surface area contributed by atoms with Crippen LogP contribution in [0.3, 0.4) is 0 Å². The molecule has 0 aliphatic heterocycles.